The maximum atomic E-state index is 13.4. The molecule has 3 aliphatic heterocycles. The number of aliphatic hydroxyl groups excluding tert-OH is 1. The Morgan fingerprint density at radius 1 is 1.00 bits per heavy atom. The van der Waals surface area contributed by atoms with Crippen molar-refractivity contribution in [3.05, 3.63) is 53.1 Å². The summed E-state index contributed by atoms with van der Waals surface area (Å²) in [4.78, 5) is 30.5. The number of fused-ring (bicyclic) bond motifs is 1. The standard InChI is InChI=1S/C27H30N2O8/c1-33-18-5-7-20(34-2)19(15-18)24-23(25(30)17-4-6-21-22(14-17)37-16-36-21)26(31)27(32)29(24)9-3-8-28-10-12-35-13-11-28/h4-7,14-15,24,30H,3,8-13,16H2,1-2H3. The van der Waals surface area contributed by atoms with Crippen LogP contribution in [0.15, 0.2) is 42.0 Å². The number of rotatable bonds is 8. The van der Waals surface area contributed by atoms with Crippen LogP contribution in [0.4, 0.5) is 0 Å². The number of Topliss-reactive ketones (excluding diaryl/α,β-unsaturated/α-hetero) is 1. The van der Waals surface area contributed by atoms with Gasteiger partial charge in [-0.15, -0.1) is 0 Å². The molecule has 2 fully saturated rings. The molecule has 3 heterocycles. The summed E-state index contributed by atoms with van der Waals surface area (Å²) in [5, 5.41) is 11.4. The lowest BCUT2D eigenvalue weighted by Gasteiger charge is -2.29. The van der Waals surface area contributed by atoms with Crippen LogP contribution in [0.1, 0.15) is 23.6 Å². The molecule has 10 nitrogen and oxygen atoms in total. The SMILES string of the molecule is COc1ccc(OC)c(C2C(=C(O)c3ccc4c(c3)OCO4)C(=O)C(=O)N2CCCN2CCOCC2)c1. The molecule has 0 bridgehead atoms. The summed E-state index contributed by atoms with van der Waals surface area (Å²) in [7, 11) is 3.06. The van der Waals surface area contributed by atoms with Gasteiger partial charge in [-0.3, -0.25) is 14.5 Å². The average molecular weight is 511 g/mol. The molecule has 10 heteroatoms. The van der Waals surface area contributed by atoms with Crippen LogP contribution >= 0.6 is 0 Å². The summed E-state index contributed by atoms with van der Waals surface area (Å²) in [6.45, 7) is 4.18. The van der Waals surface area contributed by atoms with Crippen molar-refractivity contribution >= 4 is 17.4 Å². The molecule has 1 unspecified atom stereocenters. The molecular weight excluding hydrogens is 480 g/mol. The van der Waals surface area contributed by atoms with E-state index in [9.17, 15) is 14.7 Å². The normalized spacial score (nSPS) is 20.9. The van der Waals surface area contributed by atoms with E-state index >= 15 is 0 Å². The molecular formula is C27H30N2O8. The molecule has 0 radical (unpaired) electrons. The highest BCUT2D eigenvalue weighted by atomic mass is 16.7. The second-order valence-corrected chi connectivity index (χ2v) is 8.98. The van der Waals surface area contributed by atoms with Gasteiger partial charge in [0, 0.05) is 37.3 Å². The highest BCUT2D eigenvalue weighted by molar-refractivity contribution is 6.46. The lowest BCUT2D eigenvalue weighted by molar-refractivity contribution is -0.140. The Bertz CT molecular complexity index is 1220. The van der Waals surface area contributed by atoms with E-state index in [2.05, 4.69) is 4.90 Å². The van der Waals surface area contributed by atoms with E-state index in [4.69, 9.17) is 23.7 Å². The second-order valence-electron chi connectivity index (χ2n) is 8.98. The van der Waals surface area contributed by atoms with Crippen molar-refractivity contribution in [3.8, 4) is 23.0 Å². The number of ether oxygens (including phenoxy) is 5. The molecule has 3 aliphatic rings. The zero-order valence-electron chi connectivity index (χ0n) is 20.9. The maximum absolute atomic E-state index is 13.4. The van der Waals surface area contributed by atoms with Crippen LogP contribution in [0.2, 0.25) is 0 Å². The van der Waals surface area contributed by atoms with Crippen molar-refractivity contribution in [2.45, 2.75) is 12.5 Å². The van der Waals surface area contributed by atoms with Crippen LogP contribution in [0.25, 0.3) is 5.76 Å². The van der Waals surface area contributed by atoms with Crippen molar-refractivity contribution < 1.29 is 38.4 Å². The molecule has 5 rings (SSSR count). The molecule has 1 N–H and O–H groups in total. The van der Waals surface area contributed by atoms with Crippen LogP contribution < -0.4 is 18.9 Å². The molecule has 0 aromatic heterocycles. The zero-order valence-corrected chi connectivity index (χ0v) is 20.9. The van der Waals surface area contributed by atoms with Gasteiger partial charge in [-0.2, -0.15) is 0 Å². The van der Waals surface area contributed by atoms with E-state index in [0.29, 0.717) is 60.3 Å². The number of hydrogen-bond donors (Lipinski definition) is 1. The number of methoxy groups -OCH3 is 2. The average Bonchev–Trinajstić information content (AvgIpc) is 3.50. The fourth-order valence-corrected chi connectivity index (χ4v) is 4.98. The van der Waals surface area contributed by atoms with Crippen molar-refractivity contribution in [1.82, 2.24) is 9.80 Å². The van der Waals surface area contributed by atoms with E-state index in [1.165, 1.54) is 19.1 Å². The summed E-state index contributed by atoms with van der Waals surface area (Å²) in [6.07, 6.45) is 0.653. The van der Waals surface area contributed by atoms with Gasteiger partial charge < -0.3 is 33.7 Å². The first-order valence-corrected chi connectivity index (χ1v) is 12.2. The first-order valence-electron chi connectivity index (χ1n) is 12.2. The summed E-state index contributed by atoms with van der Waals surface area (Å²) < 4.78 is 27.2. The third kappa shape index (κ3) is 4.82. The largest absolute Gasteiger partial charge is 0.507 e. The monoisotopic (exact) mass is 510 g/mol. The third-order valence-corrected chi connectivity index (χ3v) is 6.89. The van der Waals surface area contributed by atoms with E-state index in [0.717, 1.165) is 19.6 Å². The minimum atomic E-state index is -0.861. The van der Waals surface area contributed by atoms with Crippen molar-refractivity contribution in [3.63, 3.8) is 0 Å². The van der Waals surface area contributed by atoms with Gasteiger partial charge in [0.2, 0.25) is 6.79 Å². The van der Waals surface area contributed by atoms with Crippen LogP contribution in [0.5, 0.6) is 23.0 Å². The van der Waals surface area contributed by atoms with Gasteiger partial charge in [0.05, 0.1) is 39.0 Å². The Balaban J connectivity index is 1.55. The number of aliphatic hydroxyl groups is 1. The first kappa shape index (κ1) is 24.9. The van der Waals surface area contributed by atoms with Gasteiger partial charge in [-0.25, -0.2) is 0 Å². The Labute approximate surface area is 214 Å². The Kier molecular flexibility index (Phi) is 7.20. The number of hydrogen-bond acceptors (Lipinski definition) is 9. The number of benzene rings is 2. The van der Waals surface area contributed by atoms with Crippen LogP contribution in [-0.2, 0) is 14.3 Å². The minimum Gasteiger partial charge on any atom is -0.507 e. The zero-order chi connectivity index (χ0) is 25.9. The second kappa shape index (κ2) is 10.7. The number of carbonyl (C=O) groups excluding carboxylic acids is 2. The fourth-order valence-electron chi connectivity index (χ4n) is 4.98. The molecule has 0 saturated carbocycles. The molecule has 2 saturated heterocycles. The van der Waals surface area contributed by atoms with E-state index in [1.54, 1.807) is 36.4 Å². The van der Waals surface area contributed by atoms with Gasteiger partial charge in [-0.05, 0) is 42.8 Å². The predicted octanol–water partition coefficient (Wildman–Crippen LogP) is 2.58. The fraction of sp³-hybridized carbons (Fsp3) is 0.407. The number of carbonyl (C=O) groups is 2. The number of morpholine rings is 1. The van der Waals surface area contributed by atoms with E-state index in [-0.39, 0.29) is 18.1 Å². The highest BCUT2D eigenvalue weighted by Crippen LogP contribution is 2.45. The molecule has 2 aromatic carbocycles. The molecule has 1 amide bonds. The predicted molar refractivity (Wildman–Crippen MR) is 133 cm³/mol. The van der Waals surface area contributed by atoms with Gasteiger partial charge in [0.15, 0.2) is 11.5 Å². The molecule has 0 aliphatic carbocycles. The summed E-state index contributed by atoms with van der Waals surface area (Å²) >= 11 is 0. The molecule has 1 atom stereocenters. The first-order chi connectivity index (χ1) is 18.0. The van der Waals surface area contributed by atoms with E-state index in [1.807, 2.05) is 0 Å². The van der Waals surface area contributed by atoms with Gasteiger partial charge in [-0.1, -0.05) is 0 Å². The smallest absolute Gasteiger partial charge is 0.295 e. The summed E-state index contributed by atoms with van der Waals surface area (Å²) in [5.74, 6) is 0.309. The molecule has 2 aromatic rings. The molecule has 0 spiro atoms. The summed E-state index contributed by atoms with van der Waals surface area (Å²) in [6, 6.07) is 9.24. The molecule has 196 valence electrons. The van der Waals surface area contributed by atoms with Crippen molar-refractivity contribution in [1.29, 1.82) is 0 Å². The number of amides is 1. The number of likely N-dealkylation sites (tertiary alicyclic amines) is 1. The number of nitrogens with zero attached hydrogens (tertiary/aromatic N) is 2. The van der Waals surface area contributed by atoms with Crippen LogP contribution in [-0.4, -0.2) is 87.0 Å². The Hall–Kier alpha value is -3.76. The summed E-state index contributed by atoms with van der Waals surface area (Å²) in [5.41, 5.74) is 0.888. The van der Waals surface area contributed by atoms with E-state index < -0.39 is 17.7 Å². The Morgan fingerprint density at radius 2 is 1.78 bits per heavy atom. The van der Waals surface area contributed by atoms with Crippen LogP contribution in [0.3, 0.4) is 0 Å². The van der Waals surface area contributed by atoms with Gasteiger partial charge >= 0.3 is 0 Å². The van der Waals surface area contributed by atoms with Gasteiger partial charge in [0.1, 0.15) is 17.3 Å². The lowest BCUT2D eigenvalue weighted by atomic mass is 9.94. The van der Waals surface area contributed by atoms with Crippen molar-refractivity contribution in [2.24, 2.45) is 0 Å². The quantitative estimate of drug-likeness (QED) is 0.326. The minimum absolute atomic E-state index is 0.0122. The lowest BCUT2D eigenvalue weighted by Crippen LogP contribution is -2.39. The highest BCUT2D eigenvalue weighted by Gasteiger charge is 2.47. The Morgan fingerprint density at radius 3 is 2.54 bits per heavy atom. The third-order valence-electron chi connectivity index (χ3n) is 6.89. The number of ketones is 1. The van der Waals surface area contributed by atoms with Crippen molar-refractivity contribution in [2.75, 3.05) is 60.4 Å². The van der Waals surface area contributed by atoms with Gasteiger partial charge in [0.25, 0.3) is 11.7 Å². The topological polar surface area (TPSA) is 107 Å². The maximum Gasteiger partial charge on any atom is 0.295 e. The molecule has 37 heavy (non-hydrogen) atoms. The van der Waals surface area contributed by atoms with Crippen LogP contribution in [0, 0.1) is 0 Å².